The van der Waals surface area contributed by atoms with E-state index >= 15 is 0 Å². The van der Waals surface area contributed by atoms with Gasteiger partial charge in [-0.3, -0.25) is 9.58 Å². The van der Waals surface area contributed by atoms with Crippen LogP contribution in [-0.2, 0) is 6.54 Å². The van der Waals surface area contributed by atoms with Crippen LogP contribution in [0, 0.1) is 5.92 Å². The highest BCUT2D eigenvalue weighted by molar-refractivity contribution is 5.13. The quantitative estimate of drug-likeness (QED) is 0.899. The van der Waals surface area contributed by atoms with Crippen LogP contribution in [0.5, 0.6) is 0 Å². The molecule has 2 atom stereocenters. The highest BCUT2D eigenvalue weighted by atomic mass is 15.3. The van der Waals surface area contributed by atoms with Crippen molar-refractivity contribution in [3.8, 4) is 0 Å². The van der Waals surface area contributed by atoms with Crippen molar-refractivity contribution in [1.29, 1.82) is 0 Å². The molecule has 2 heterocycles. The number of nitrogens with one attached hydrogen (secondary N) is 1. The lowest BCUT2D eigenvalue weighted by Crippen LogP contribution is -2.36. The van der Waals surface area contributed by atoms with Crippen molar-refractivity contribution in [2.24, 2.45) is 5.92 Å². The van der Waals surface area contributed by atoms with Crippen LogP contribution >= 0.6 is 0 Å². The number of hydrogen-bond donors (Lipinski definition) is 1. The minimum Gasteiger partial charge on any atom is -0.314 e. The van der Waals surface area contributed by atoms with Crippen LogP contribution in [0.1, 0.15) is 51.6 Å². The summed E-state index contributed by atoms with van der Waals surface area (Å²) in [6.07, 6.45) is 8.26. The molecule has 0 radical (unpaired) electrons. The van der Waals surface area contributed by atoms with Crippen molar-refractivity contribution in [3.05, 3.63) is 18.0 Å². The van der Waals surface area contributed by atoms with Gasteiger partial charge in [0.2, 0.25) is 0 Å². The highest BCUT2D eigenvalue weighted by Gasteiger charge is 2.29. The van der Waals surface area contributed by atoms with Gasteiger partial charge < -0.3 is 5.32 Å². The van der Waals surface area contributed by atoms with Crippen molar-refractivity contribution in [2.75, 3.05) is 20.1 Å². The Kier molecular flexibility index (Phi) is 5.61. The molecule has 0 aromatic carbocycles. The standard InChI is InChI=1S/C16H30N4/c1-5-20-12-15(11-18-20)16-14(10-17-13(2)3)8-6-7-9-19(16)4/h11-14,16-17H,5-10H2,1-4H3. The zero-order chi connectivity index (χ0) is 14.5. The van der Waals surface area contributed by atoms with E-state index in [0.717, 1.165) is 13.1 Å². The Labute approximate surface area is 123 Å². The first-order valence-corrected chi connectivity index (χ1v) is 8.07. The van der Waals surface area contributed by atoms with E-state index in [9.17, 15) is 0 Å². The third kappa shape index (κ3) is 3.83. The second kappa shape index (κ2) is 7.23. The summed E-state index contributed by atoms with van der Waals surface area (Å²) in [5, 5.41) is 8.10. The molecule has 0 amide bonds. The summed E-state index contributed by atoms with van der Waals surface area (Å²) in [4.78, 5) is 2.52. The van der Waals surface area contributed by atoms with Gasteiger partial charge in [-0.2, -0.15) is 5.10 Å². The largest absolute Gasteiger partial charge is 0.314 e. The second-order valence-corrected chi connectivity index (χ2v) is 6.37. The first-order chi connectivity index (χ1) is 9.61. The molecule has 1 aromatic heterocycles. The first-order valence-electron chi connectivity index (χ1n) is 8.07. The van der Waals surface area contributed by atoms with Gasteiger partial charge in [-0.05, 0) is 39.3 Å². The van der Waals surface area contributed by atoms with Crippen LogP contribution in [0.25, 0.3) is 0 Å². The van der Waals surface area contributed by atoms with E-state index in [1.54, 1.807) is 0 Å². The normalized spacial score (nSPS) is 25.1. The van der Waals surface area contributed by atoms with Crippen molar-refractivity contribution in [3.63, 3.8) is 0 Å². The van der Waals surface area contributed by atoms with Crippen LogP contribution in [0.15, 0.2) is 12.4 Å². The van der Waals surface area contributed by atoms with Crippen LogP contribution in [0.2, 0.25) is 0 Å². The second-order valence-electron chi connectivity index (χ2n) is 6.37. The van der Waals surface area contributed by atoms with E-state index < -0.39 is 0 Å². The number of rotatable bonds is 5. The summed E-state index contributed by atoms with van der Waals surface area (Å²) >= 11 is 0. The summed E-state index contributed by atoms with van der Waals surface area (Å²) < 4.78 is 2.04. The molecule has 4 heteroatoms. The van der Waals surface area contributed by atoms with Gasteiger partial charge in [0.05, 0.1) is 6.20 Å². The number of aryl methyl sites for hydroxylation is 1. The Bertz CT molecular complexity index is 399. The van der Waals surface area contributed by atoms with Crippen molar-refractivity contribution in [1.82, 2.24) is 20.0 Å². The summed E-state index contributed by atoms with van der Waals surface area (Å²) in [5.41, 5.74) is 1.38. The van der Waals surface area contributed by atoms with Crippen molar-refractivity contribution in [2.45, 2.75) is 58.7 Å². The van der Waals surface area contributed by atoms with Crippen LogP contribution < -0.4 is 5.32 Å². The average Bonchev–Trinajstić information content (AvgIpc) is 2.81. The third-order valence-electron chi connectivity index (χ3n) is 4.36. The highest BCUT2D eigenvalue weighted by Crippen LogP contribution is 2.33. The van der Waals surface area contributed by atoms with E-state index in [0.29, 0.717) is 18.0 Å². The van der Waals surface area contributed by atoms with Gasteiger partial charge >= 0.3 is 0 Å². The molecule has 2 unspecified atom stereocenters. The number of nitrogens with zero attached hydrogens (tertiary/aromatic N) is 3. The molecular weight excluding hydrogens is 248 g/mol. The molecule has 4 nitrogen and oxygen atoms in total. The van der Waals surface area contributed by atoms with Crippen LogP contribution in [0.3, 0.4) is 0 Å². The minimum atomic E-state index is 0.504. The molecule has 1 N–H and O–H groups in total. The molecule has 0 spiro atoms. The number of aromatic nitrogens is 2. The molecule has 1 aliphatic heterocycles. The van der Waals surface area contributed by atoms with Gasteiger partial charge in [0.15, 0.2) is 0 Å². The smallest absolute Gasteiger partial charge is 0.0537 e. The third-order valence-corrected chi connectivity index (χ3v) is 4.36. The lowest BCUT2D eigenvalue weighted by Gasteiger charge is -2.32. The van der Waals surface area contributed by atoms with Gasteiger partial charge in [-0.1, -0.05) is 20.3 Å². The van der Waals surface area contributed by atoms with E-state index in [4.69, 9.17) is 0 Å². The van der Waals surface area contributed by atoms with E-state index in [1.165, 1.54) is 31.4 Å². The maximum atomic E-state index is 4.47. The van der Waals surface area contributed by atoms with Gasteiger partial charge in [0.1, 0.15) is 0 Å². The molecule has 0 saturated carbocycles. The van der Waals surface area contributed by atoms with Crippen LogP contribution in [-0.4, -0.2) is 40.9 Å². The first kappa shape index (κ1) is 15.5. The molecule has 20 heavy (non-hydrogen) atoms. The van der Waals surface area contributed by atoms with E-state index in [1.807, 2.05) is 4.68 Å². The summed E-state index contributed by atoms with van der Waals surface area (Å²) in [7, 11) is 2.27. The fourth-order valence-corrected chi connectivity index (χ4v) is 3.26. The molecule has 2 rings (SSSR count). The summed E-state index contributed by atoms with van der Waals surface area (Å²) in [6.45, 7) is 9.84. The Hall–Kier alpha value is -0.870. The molecule has 114 valence electrons. The maximum Gasteiger partial charge on any atom is 0.0537 e. The summed E-state index contributed by atoms with van der Waals surface area (Å²) in [5.74, 6) is 0.680. The van der Waals surface area contributed by atoms with Gasteiger partial charge in [-0.25, -0.2) is 0 Å². The Balaban J connectivity index is 2.16. The van der Waals surface area contributed by atoms with Crippen molar-refractivity contribution >= 4 is 0 Å². The predicted octanol–water partition coefficient (Wildman–Crippen LogP) is 2.67. The average molecular weight is 278 g/mol. The lowest BCUT2D eigenvalue weighted by molar-refractivity contribution is 0.187. The molecule has 0 bridgehead atoms. The molecule has 1 fully saturated rings. The van der Waals surface area contributed by atoms with Crippen LogP contribution in [0.4, 0.5) is 0 Å². The molecule has 1 aliphatic rings. The fourth-order valence-electron chi connectivity index (χ4n) is 3.26. The molecule has 1 aromatic rings. The number of likely N-dealkylation sites (tertiary alicyclic amines) is 1. The zero-order valence-corrected chi connectivity index (χ0v) is 13.5. The Morgan fingerprint density at radius 1 is 1.40 bits per heavy atom. The van der Waals surface area contributed by atoms with Gasteiger partial charge in [-0.15, -0.1) is 0 Å². The lowest BCUT2D eigenvalue weighted by atomic mass is 9.90. The van der Waals surface area contributed by atoms with E-state index in [2.05, 4.69) is 55.5 Å². The molecular formula is C16H30N4. The monoisotopic (exact) mass is 278 g/mol. The zero-order valence-electron chi connectivity index (χ0n) is 13.5. The summed E-state index contributed by atoms with van der Waals surface area (Å²) in [6, 6.07) is 1.06. The van der Waals surface area contributed by atoms with Gasteiger partial charge in [0, 0.05) is 36.9 Å². The predicted molar refractivity (Wildman–Crippen MR) is 83.8 cm³/mol. The SMILES string of the molecule is CCn1cc(C2C(CNC(C)C)CCCCN2C)cn1. The van der Waals surface area contributed by atoms with Crippen molar-refractivity contribution < 1.29 is 0 Å². The minimum absolute atomic E-state index is 0.504. The fraction of sp³-hybridized carbons (Fsp3) is 0.812. The van der Waals surface area contributed by atoms with Gasteiger partial charge in [0.25, 0.3) is 0 Å². The molecule has 1 saturated heterocycles. The number of hydrogen-bond acceptors (Lipinski definition) is 3. The molecule has 0 aliphatic carbocycles. The Morgan fingerprint density at radius 3 is 2.85 bits per heavy atom. The topological polar surface area (TPSA) is 33.1 Å². The Morgan fingerprint density at radius 2 is 2.20 bits per heavy atom. The maximum absolute atomic E-state index is 4.47. The van der Waals surface area contributed by atoms with E-state index in [-0.39, 0.29) is 0 Å².